The zero-order chi connectivity index (χ0) is 17.7. The third-order valence-corrected chi connectivity index (χ3v) is 3.43. The Balaban J connectivity index is 2.32. The standard InChI is InChI=1S/C16H15Cl2NO5/c1-3-23-16(21)14(12-4-5-13(24-12)15(20)22-2)19-11-7-9(17)6-10(18)8-11/h4-8,14,19H,3H2,1-2H3. The van der Waals surface area contributed by atoms with E-state index in [1.54, 1.807) is 25.1 Å². The molecule has 0 bridgehead atoms. The first-order chi connectivity index (χ1) is 11.4. The van der Waals surface area contributed by atoms with E-state index in [0.717, 1.165) is 0 Å². The normalized spacial score (nSPS) is 11.7. The second-order valence-corrected chi connectivity index (χ2v) is 5.55. The molecule has 128 valence electrons. The Hall–Kier alpha value is -2.18. The average molecular weight is 372 g/mol. The Kier molecular flexibility index (Phi) is 6.11. The minimum atomic E-state index is -0.974. The summed E-state index contributed by atoms with van der Waals surface area (Å²) in [6.45, 7) is 1.88. The van der Waals surface area contributed by atoms with Gasteiger partial charge in [-0.3, -0.25) is 0 Å². The highest BCUT2D eigenvalue weighted by molar-refractivity contribution is 6.35. The number of esters is 2. The van der Waals surface area contributed by atoms with E-state index in [1.807, 2.05) is 0 Å². The number of carbonyl (C=O) groups excluding carboxylic acids is 2. The summed E-state index contributed by atoms with van der Waals surface area (Å²) in [5.41, 5.74) is 0.501. The summed E-state index contributed by atoms with van der Waals surface area (Å²) in [5.74, 6) is -1.04. The first-order valence-electron chi connectivity index (χ1n) is 7.02. The molecule has 0 aliphatic carbocycles. The largest absolute Gasteiger partial charge is 0.464 e. The maximum atomic E-state index is 12.2. The Morgan fingerprint density at radius 3 is 2.46 bits per heavy atom. The van der Waals surface area contributed by atoms with Crippen LogP contribution in [0.3, 0.4) is 0 Å². The fourth-order valence-corrected chi connectivity index (χ4v) is 2.52. The van der Waals surface area contributed by atoms with Gasteiger partial charge in [-0.05, 0) is 37.3 Å². The van der Waals surface area contributed by atoms with Crippen LogP contribution in [0.5, 0.6) is 0 Å². The molecule has 0 amide bonds. The predicted octanol–water partition coefficient (Wildman–Crippen LogP) is 4.09. The summed E-state index contributed by atoms with van der Waals surface area (Å²) in [6, 6.07) is 6.70. The molecule has 2 aromatic rings. The number of halogens is 2. The molecule has 0 radical (unpaired) electrons. The van der Waals surface area contributed by atoms with Crippen LogP contribution in [0.2, 0.25) is 10.0 Å². The summed E-state index contributed by atoms with van der Waals surface area (Å²) >= 11 is 11.9. The van der Waals surface area contributed by atoms with Crippen molar-refractivity contribution in [2.75, 3.05) is 19.0 Å². The molecular formula is C16H15Cl2NO5. The highest BCUT2D eigenvalue weighted by Crippen LogP contribution is 2.28. The van der Waals surface area contributed by atoms with Gasteiger partial charge in [-0.2, -0.15) is 0 Å². The van der Waals surface area contributed by atoms with Crippen LogP contribution in [-0.2, 0) is 14.3 Å². The van der Waals surface area contributed by atoms with Gasteiger partial charge in [0.25, 0.3) is 0 Å². The van der Waals surface area contributed by atoms with Crippen molar-refractivity contribution in [1.82, 2.24) is 0 Å². The topological polar surface area (TPSA) is 77.8 Å². The zero-order valence-corrected chi connectivity index (χ0v) is 14.5. The van der Waals surface area contributed by atoms with Crippen molar-refractivity contribution in [1.29, 1.82) is 0 Å². The first-order valence-corrected chi connectivity index (χ1v) is 7.77. The third kappa shape index (κ3) is 4.43. The second-order valence-electron chi connectivity index (χ2n) is 4.68. The predicted molar refractivity (Wildman–Crippen MR) is 89.5 cm³/mol. The molecule has 1 aromatic heterocycles. The van der Waals surface area contributed by atoms with Crippen LogP contribution in [-0.4, -0.2) is 25.7 Å². The van der Waals surface area contributed by atoms with Gasteiger partial charge in [0.15, 0.2) is 6.04 Å². The number of rotatable bonds is 6. The number of hydrogen-bond acceptors (Lipinski definition) is 6. The van der Waals surface area contributed by atoms with Crippen LogP contribution >= 0.6 is 23.2 Å². The number of furan rings is 1. The van der Waals surface area contributed by atoms with Crippen LogP contribution in [0.15, 0.2) is 34.7 Å². The van der Waals surface area contributed by atoms with E-state index < -0.39 is 18.0 Å². The molecule has 1 N–H and O–H groups in total. The minimum Gasteiger partial charge on any atom is -0.464 e. The molecule has 0 aliphatic heterocycles. The Morgan fingerprint density at radius 1 is 1.21 bits per heavy atom. The van der Waals surface area contributed by atoms with Crippen molar-refractivity contribution in [3.8, 4) is 0 Å². The molecule has 24 heavy (non-hydrogen) atoms. The van der Waals surface area contributed by atoms with Crippen LogP contribution < -0.4 is 5.32 Å². The molecule has 8 heteroatoms. The molecule has 1 atom stereocenters. The SMILES string of the molecule is CCOC(=O)C(Nc1cc(Cl)cc(Cl)c1)c1ccc(C(=O)OC)o1. The van der Waals surface area contributed by atoms with Crippen LogP contribution in [0.1, 0.15) is 29.3 Å². The van der Waals surface area contributed by atoms with Gasteiger partial charge in [0.1, 0.15) is 5.76 Å². The molecule has 0 fully saturated rings. The smallest absolute Gasteiger partial charge is 0.373 e. The van der Waals surface area contributed by atoms with E-state index >= 15 is 0 Å². The zero-order valence-electron chi connectivity index (χ0n) is 13.0. The van der Waals surface area contributed by atoms with E-state index in [4.69, 9.17) is 32.4 Å². The van der Waals surface area contributed by atoms with Crippen molar-refractivity contribution in [2.24, 2.45) is 0 Å². The lowest BCUT2D eigenvalue weighted by atomic mass is 10.2. The maximum Gasteiger partial charge on any atom is 0.373 e. The van der Waals surface area contributed by atoms with Crippen molar-refractivity contribution in [3.63, 3.8) is 0 Å². The lowest BCUT2D eigenvalue weighted by Gasteiger charge is -2.17. The van der Waals surface area contributed by atoms with Crippen molar-refractivity contribution in [2.45, 2.75) is 13.0 Å². The first kappa shape index (κ1) is 18.2. The molecule has 6 nitrogen and oxygen atoms in total. The molecule has 1 heterocycles. The number of methoxy groups -OCH3 is 1. The van der Waals surface area contributed by atoms with Gasteiger partial charge in [-0.25, -0.2) is 9.59 Å². The van der Waals surface area contributed by atoms with E-state index in [1.165, 1.54) is 19.2 Å². The molecule has 1 aromatic carbocycles. The summed E-state index contributed by atoms with van der Waals surface area (Å²) in [7, 11) is 1.24. The Labute approximate surface area is 148 Å². The van der Waals surface area contributed by atoms with Gasteiger partial charge in [0.05, 0.1) is 13.7 Å². The summed E-state index contributed by atoms with van der Waals surface area (Å²) < 4.78 is 15.0. The monoisotopic (exact) mass is 371 g/mol. The van der Waals surface area contributed by atoms with Gasteiger partial charge in [-0.1, -0.05) is 23.2 Å². The van der Waals surface area contributed by atoms with Crippen LogP contribution in [0.25, 0.3) is 0 Å². The van der Waals surface area contributed by atoms with E-state index in [2.05, 4.69) is 10.1 Å². The second kappa shape index (κ2) is 8.08. The Morgan fingerprint density at radius 2 is 1.88 bits per heavy atom. The molecule has 1 unspecified atom stereocenters. The van der Waals surface area contributed by atoms with Crippen LogP contribution in [0.4, 0.5) is 5.69 Å². The average Bonchev–Trinajstić information content (AvgIpc) is 3.00. The summed E-state index contributed by atoms with van der Waals surface area (Å²) in [4.78, 5) is 23.7. The molecule has 0 saturated heterocycles. The number of benzene rings is 1. The van der Waals surface area contributed by atoms with Crippen LogP contribution in [0, 0.1) is 0 Å². The highest BCUT2D eigenvalue weighted by Gasteiger charge is 2.27. The van der Waals surface area contributed by atoms with E-state index in [0.29, 0.717) is 15.7 Å². The van der Waals surface area contributed by atoms with Gasteiger partial charge < -0.3 is 19.2 Å². The van der Waals surface area contributed by atoms with Gasteiger partial charge >= 0.3 is 11.9 Å². The van der Waals surface area contributed by atoms with Crippen molar-refractivity contribution >= 4 is 40.8 Å². The summed E-state index contributed by atoms with van der Waals surface area (Å²) in [6.07, 6.45) is 0. The van der Waals surface area contributed by atoms with E-state index in [-0.39, 0.29) is 18.1 Å². The van der Waals surface area contributed by atoms with Gasteiger partial charge in [-0.15, -0.1) is 0 Å². The number of hydrogen-bond donors (Lipinski definition) is 1. The molecular weight excluding hydrogens is 357 g/mol. The fraction of sp³-hybridized carbons (Fsp3) is 0.250. The van der Waals surface area contributed by atoms with E-state index in [9.17, 15) is 9.59 Å². The number of ether oxygens (including phenoxy) is 2. The molecule has 2 rings (SSSR count). The lowest BCUT2D eigenvalue weighted by Crippen LogP contribution is -2.23. The highest BCUT2D eigenvalue weighted by atomic mass is 35.5. The number of nitrogens with one attached hydrogen (secondary N) is 1. The summed E-state index contributed by atoms with van der Waals surface area (Å²) in [5, 5.41) is 3.75. The quantitative estimate of drug-likeness (QED) is 0.770. The molecule has 0 spiro atoms. The lowest BCUT2D eigenvalue weighted by molar-refractivity contribution is -0.144. The number of anilines is 1. The van der Waals surface area contributed by atoms with Crippen molar-refractivity contribution in [3.05, 3.63) is 51.9 Å². The van der Waals surface area contributed by atoms with Gasteiger partial charge in [0.2, 0.25) is 5.76 Å². The third-order valence-electron chi connectivity index (χ3n) is 2.99. The molecule has 0 aliphatic rings. The molecule has 0 saturated carbocycles. The Bertz CT molecular complexity index is 724. The number of carbonyl (C=O) groups is 2. The maximum absolute atomic E-state index is 12.2. The van der Waals surface area contributed by atoms with Crippen molar-refractivity contribution < 1.29 is 23.5 Å². The minimum absolute atomic E-state index is 0.0206. The fourth-order valence-electron chi connectivity index (χ4n) is 1.99. The van der Waals surface area contributed by atoms with Gasteiger partial charge in [0, 0.05) is 15.7 Å².